The van der Waals surface area contributed by atoms with Crippen LogP contribution in [-0.4, -0.2) is 18.0 Å². The number of carbonyl (C=O) groups excluding carboxylic acids is 1. The number of hydrogen-bond acceptors (Lipinski definition) is 2. The fourth-order valence-corrected chi connectivity index (χ4v) is 2.34. The summed E-state index contributed by atoms with van der Waals surface area (Å²) >= 11 is 6.20. The average Bonchev–Trinajstić information content (AvgIpc) is 3.12. The normalized spacial score (nSPS) is 14.4. The van der Waals surface area contributed by atoms with E-state index in [0.717, 1.165) is 18.4 Å². The highest BCUT2D eigenvalue weighted by Gasteiger charge is 2.31. The molecule has 1 aliphatic carbocycles. The minimum Gasteiger partial charge on any atom is -0.267 e. The number of nitrogens with zero attached hydrogens (tertiary/aromatic N) is 1. The standard InChI is InChI=1S/C14H17ClN2O/c1-9(2)17(16-3)14(18)13-11(10-7-8-10)5-4-6-12(13)15/h4-6,10,16H,1,7-8H2,2-3H3. The van der Waals surface area contributed by atoms with E-state index < -0.39 is 0 Å². The number of hydrazine groups is 1. The van der Waals surface area contributed by atoms with E-state index in [1.165, 1.54) is 5.01 Å². The Kier molecular flexibility index (Phi) is 3.73. The van der Waals surface area contributed by atoms with Gasteiger partial charge in [0.1, 0.15) is 0 Å². The fourth-order valence-electron chi connectivity index (χ4n) is 2.08. The van der Waals surface area contributed by atoms with Crippen molar-refractivity contribution in [1.82, 2.24) is 10.4 Å². The first-order valence-corrected chi connectivity index (χ1v) is 6.39. The van der Waals surface area contributed by atoms with Crippen molar-refractivity contribution in [3.8, 4) is 0 Å². The van der Waals surface area contributed by atoms with Crippen molar-refractivity contribution >= 4 is 17.5 Å². The van der Waals surface area contributed by atoms with E-state index in [4.69, 9.17) is 11.6 Å². The third-order valence-corrected chi connectivity index (χ3v) is 3.40. The zero-order chi connectivity index (χ0) is 13.3. The maximum Gasteiger partial charge on any atom is 0.274 e. The molecule has 1 N–H and O–H groups in total. The van der Waals surface area contributed by atoms with Gasteiger partial charge in [0.05, 0.1) is 10.6 Å². The Bertz CT molecular complexity index is 495. The lowest BCUT2D eigenvalue weighted by atomic mass is 10.0. The summed E-state index contributed by atoms with van der Waals surface area (Å²) in [6.45, 7) is 5.57. The summed E-state index contributed by atoms with van der Waals surface area (Å²) in [5.41, 5.74) is 5.13. The molecule has 0 spiro atoms. The molecule has 3 nitrogen and oxygen atoms in total. The Hall–Kier alpha value is -1.32. The van der Waals surface area contributed by atoms with Crippen molar-refractivity contribution in [2.45, 2.75) is 25.7 Å². The Labute approximate surface area is 112 Å². The van der Waals surface area contributed by atoms with Gasteiger partial charge < -0.3 is 0 Å². The number of rotatable bonds is 4. The van der Waals surface area contributed by atoms with Crippen molar-refractivity contribution < 1.29 is 4.79 Å². The van der Waals surface area contributed by atoms with Gasteiger partial charge in [0.25, 0.3) is 5.91 Å². The summed E-state index contributed by atoms with van der Waals surface area (Å²) in [6, 6.07) is 5.65. The van der Waals surface area contributed by atoms with Crippen LogP contribution in [0.1, 0.15) is 41.6 Å². The predicted octanol–water partition coefficient (Wildman–Crippen LogP) is 3.33. The largest absolute Gasteiger partial charge is 0.274 e. The number of halogens is 1. The SMILES string of the molecule is C=C(C)N(NC)C(=O)c1c(Cl)cccc1C1CC1. The smallest absolute Gasteiger partial charge is 0.267 e. The Morgan fingerprint density at radius 1 is 1.50 bits per heavy atom. The van der Waals surface area contributed by atoms with Gasteiger partial charge in [0.2, 0.25) is 0 Å². The molecule has 0 atom stereocenters. The molecule has 18 heavy (non-hydrogen) atoms. The zero-order valence-electron chi connectivity index (χ0n) is 10.7. The van der Waals surface area contributed by atoms with Crippen LogP contribution in [0, 0.1) is 0 Å². The molecule has 1 saturated carbocycles. The number of carbonyl (C=O) groups is 1. The molecule has 0 heterocycles. The molecule has 1 aliphatic rings. The summed E-state index contributed by atoms with van der Waals surface area (Å²) in [7, 11) is 1.69. The molecule has 1 aromatic rings. The van der Waals surface area contributed by atoms with Crippen LogP contribution >= 0.6 is 11.6 Å². The van der Waals surface area contributed by atoms with Gasteiger partial charge in [-0.25, -0.2) is 10.4 Å². The molecule has 0 saturated heterocycles. The van der Waals surface area contributed by atoms with Gasteiger partial charge >= 0.3 is 0 Å². The van der Waals surface area contributed by atoms with Crippen LogP contribution in [0.3, 0.4) is 0 Å². The van der Waals surface area contributed by atoms with Crippen LogP contribution in [0.5, 0.6) is 0 Å². The van der Waals surface area contributed by atoms with Gasteiger partial charge in [0, 0.05) is 12.7 Å². The monoisotopic (exact) mass is 264 g/mol. The van der Waals surface area contributed by atoms with Crippen molar-refractivity contribution in [3.63, 3.8) is 0 Å². The van der Waals surface area contributed by atoms with Crippen LogP contribution in [0.15, 0.2) is 30.5 Å². The third kappa shape index (κ3) is 2.42. The maximum atomic E-state index is 12.5. The van der Waals surface area contributed by atoms with E-state index >= 15 is 0 Å². The van der Waals surface area contributed by atoms with E-state index in [0.29, 0.717) is 22.2 Å². The van der Waals surface area contributed by atoms with Gasteiger partial charge in [-0.15, -0.1) is 0 Å². The molecule has 0 aliphatic heterocycles. The first-order valence-electron chi connectivity index (χ1n) is 6.02. The van der Waals surface area contributed by atoms with E-state index in [1.807, 2.05) is 12.1 Å². The van der Waals surface area contributed by atoms with Gasteiger partial charge in [-0.1, -0.05) is 30.3 Å². The average molecular weight is 265 g/mol. The first-order chi connectivity index (χ1) is 8.56. The minimum atomic E-state index is -0.141. The summed E-state index contributed by atoms with van der Waals surface area (Å²) in [6.07, 6.45) is 2.26. The molecule has 1 aromatic carbocycles. The molecular weight excluding hydrogens is 248 g/mol. The Morgan fingerprint density at radius 3 is 2.67 bits per heavy atom. The molecule has 1 amide bonds. The maximum absolute atomic E-state index is 12.5. The third-order valence-electron chi connectivity index (χ3n) is 3.09. The molecule has 4 heteroatoms. The van der Waals surface area contributed by atoms with Crippen LogP contribution in [0.2, 0.25) is 5.02 Å². The topological polar surface area (TPSA) is 32.3 Å². The van der Waals surface area contributed by atoms with Gasteiger partial charge in [-0.05, 0) is 37.3 Å². The second kappa shape index (κ2) is 5.12. The van der Waals surface area contributed by atoms with Gasteiger partial charge in [-0.3, -0.25) is 4.79 Å². The van der Waals surface area contributed by atoms with Crippen molar-refractivity contribution in [2.24, 2.45) is 0 Å². The second-order valence-electron chi connectivity index (χ2n) is 4.58. The molecule has 0 bridgehead atoms. The second-order valence-corrected chi connectivity index (χ2v) is 4.98. The highest BCUT2D eigenvalue weighted by molar-refractivity contribution is 6.34. The van der Waals surface area contributed by atoms with Crippen LogP contribution < -0.4 is 5.43 Å². The van der Waals surface area contributed by atoms with Gasteiger partial charge in [-0.2, -0.15) is 0 Å². The number of amides is 1. The van der Waals surface area contributed by atoms with Crippen LogP contribution in [0.4, 0.5) is 0 Å². The summed E-state index contributed by atoms with van der Waals surface area (Å²) < 4.78 is 0. The van der Waals surface area contributed by atoms with Crippen molar-refractivity contribution in [1.29, 1.82) is 0 Å². The van der Waals surface area contributed by atoms with Crippen LogP contribution in [0.25, 0.3) is 0 Å². The van der Waals surface area contributed by atoms with E-state index in [-0.39, 0.29) is 5.91 Å². The highest BCUT2D eigenvalue weighted by atomic mass is 35.5. The Balaban J connectivity index is 2.43. The Morgan fingerprint density at radius 2 is 2.17 bits per heavy atom. The highest BCUT2D eigenvalue weighted by Crippen LogP contribution is 2.43. The van der Waals surface area contributed by atoms with Gasteiger partial charge in [0.15, 0.2) is 0 Å². The number of hydrogen-bond donors (Lipinski definition) is 1. The number of allylic oxidation sites excluding steroid dienone is 1. The summed E-state index contributed by atoms with van der Waals surface area (Å²) in [4.78, 5) is 12.5. The van der Waals surface area contributed by atoms with E-state index in [1.54, 1.807) is 20.0 Å². The molecule has 0 radical (unpaired) electrons. The zero-order valence-corrected chi connectivity index (χ0v) is 11.4. The number of nitrogens with one attached hydrogen (secondary N) is 1. The van der Waals surface area contributed by atoms with Crippen molar-refractivity contribution in [3.05, 3.63) is 46.6 Å². The molecule has 2 rings (SSSR count). The lowest BCUT2D eigenvalue weighted by Crippen LogP contribution is -2.39. The fraction of sp³-hybridized carbons (Fsp3) is 0.357. The van der Waals surface area contributed by atoms with Crippen molar-refractivity contribution in [2.75, 3.05) is 7.05 Å². The lowest BCUT2D eigenvalue weighted by molar-refractivity contribution is 0.0749. The molecule has 1 fully saturated rings. The lowest BCUT2D eigenvalue weighted by Gasteiger charge is -2.23. The minimum absolute atomic E-state index is 0.141. The summed E-state index contributed by atoms with van der Waals surface area (Å²) in [5, 5.41) is 1.93. The molecular formula is C14H17ClN2O. The molecule has 96 valence electrons. The molecule has 0 aromatic heterocycles. The molecule has 0 unspecified atom stereocenters. The van der Waals surface area contributed by atoms with E-state index in [9.17, 15) is 4.79 Å². The first kappa shape index (κ1) is 13.1. The number of benzene rings is 1. The quantitative estimate of drug-likeness (QED) is 0.846. The van der Waals surface area contributed by atoms with Crippen LogP contribution in [-0.2, 0) is 0 Å². The summed E-state index contributed by atoms with van der Waals surface area (Å²) in [5.74, 6) is 0.337. The van der Waals surface area contributed by atoms with E-state index in [2.05, 4.69) is 12.0 Å². The predicted molar refractivity (Wildman–Crippen MR) is 73.5 cm³/mol.